The molecule has 1 aromatic rings. The first-order valence-electron chi connectivity index (χ1n) is 5.48. The number of carbonyl (C=O) groups is 1. The van der Waals surface area contributed by atoms with Crippen LogP contribution in [-0.4, -0.2) is 24.3 Å². The first-order chi connectivity index (χ1) is 8.09. The van der Waals surface area contributed by atoms with Gasteiger partial charge in [0.05, 0.1) is 13.2 Å². The number of hydrogen-bond acceptors (Lipinski definition) is 4. The number of aryl methyl sites for hydroxylation is 1. The zero-order valence-corrected chi connectivity index (χ0v) is 9.60. The second kappa shape index (κ2) is 4.63. The molecule has 1 heterocycles. The summed E-state index contributed by atoms with van der Waals surface area (Å²) in [5.41, 5.74) is 6.97. The summed E-state index contributed by atoms with van der Waals surface area (Å²) in [6.07, 6.45) is 0.814. The summed E-state index contributed by atoms with van der Waals surface area (Å²) in [5, 5.41) is 8.92. The van der Waals surface area contributed by atoms with Gasteiger partial charge in [-0.05, 0) is 30.2 Å². The highest BCUT2D eigenvalue weighted by Gasteiger charge is 2.20. The lowest BCUT2D eigenvalue weighted by Gasteiger charge is -2.14. The maximum Gasteiger partial charge on any atom is 0.325 e. The number of hydrogen-bond donors (Lipinski definition) is 2. The summed E-state index contributed by atoms with van der Waals surface area (Å²) >= 11 is 0. The summed E-state index contributed by atoms with van der Waals surface area (Å²) in [6, 6.07) is 2.40. The van der Waals surface area contributed by atoms with E-state index in [9.17, 15) is 4.79 Å². The molecule has 0 amide bonds. The average molecular weight is 237 g/mol. The Bertz CT molecular complexity index is 444. The van der Waals surface area contributed by atoms with Crippen LogP contribution >= 0.6 is 0 Å². The molecular weight excluding hydrogens is 222 g/mol. The zero-order chi connectivity index (χ0) is 12.4. The molecule has 1 unspecified atom stereocenters. The largest absolute Gasteiger partial charge is 0.490 e. The van der Waals surface area contributed by atoms with Gasteiger partial charge in [0.1, 0.15) is 6.04 Å². The second-order valence-corrected chi connectivity index (χ2v) is 4.02. The first-order valence-corrected chi connectivity index (χ1v) is 5.48. The maximum atomic E-state index is 10.9. The highest BCUT2D eigenvalue weighted by atomic mass is 16.5. The minimum Gasteiger partial charge on any atom is -0.490 e. The lowest BCUT2D eigenvalue weighted by atomic mass is 10.0. The number of nitrogens with two attached hydrogens (primary N) is 1. The Morgan fingerprint density at radius 1 is 1.35 bits per heavy atom. The van der Waals surface area contributed by atoms with E-state index >= 15 is 0 Å². The predicted octanol–water partition coefficient (Wildman–Crippen LogP) is 1.24. The number of ether oxygens (including phenoxy) is 2. The Labute approximate surface area is 99.1 Å². The van der Waals surface area contributed by atoms with Crippen LogP contribution in [0.1, 0.15) is 23.6 Å². The summed E-state index contributed by atoms with van der Waals surface area (Å²) in [5.74, 6) is 0.170. The van der Waals surface area contributed by atoms with Gasteiger partial charge in [0, 0.05) is 6.42 Å². The van der Waals surface area contributed by atoms with Crippen molar-refractivity contribution in [2.75, 3.05) is 13.2 Å². The van der Waals surface area contributed by atoms with E-state index in [4.69, 9.17) is 20.3 Å². The van der Waals surface area contributed by atoms with E-state index in [0.717, 1.165) is 12.0 Å². The molecule has 0 aliphatic carbocycles. The van der Waals surface area contributed by atoms with Gasteiger partial charge in [-0.1, -0.05) is 0 Å². The van der Waals surface area contributed by atoms with Gasteiger partial charge >= 0.3 is 5.97 Å². The van der Waals surface area contributed by atoms with Crippen LogP contribution < -0.4 is 15.2 Å². The summed E-state index contributed by atoms with van der Waals surface area (Å²) < 4.78 is 11.0. The highest BCUT2D eigenvalue weighted by Crippen LogP contribution is 2.34. The molecule has 0 saturated carbocycles. The van der Waals surface area contributed by atoms with Crippen molar-refractivity contribution in [2.45, 2.75) is 19.4 Å². The van der Waals surface area contributed by atoms with Crippen LogP contribution in [0.25, 0.3) is 0 Å². The quantitative estimate of drug-likeness (QED) is 0.808. The Morgan fingerprint density at radius 3 is 2.53 bits per heavy atom. The Hall–Kier alpha value is -1.75. The minimum atomic E-state index is -1.05. The van der Waals surface area contributed by atoms with Crippen LogP contribution in [0.15, 0.2) is 12.1 Å². The lowest BCUT2D eigenvalue weighted by Crippen LogP contribution is -2.21. The van der Waals surface area contributed by atoms with Crippen molar-refractivity contribution >= 4 is 5.97 Å². The van der Waals surface area contributed by atoms with Gasteiger partial charge in [0.25, 0.3) is 0 Å². The fourth-order valence-electron chi connectivity index (χ4n) is 1.79. The van der Waals surface area contributed by atoms with E-state index in [1.54, 1.807) is 12.1 Å². The van der Waals surface area contributed by atoms with E-state index in [0.29, 0.717) is 30.3 Å². The Kier molecular flexibility index (Phi) is 3.19. The van der Waals surface area contributed by atoms with Crippen molar-refractivity contribution in [3.8, 4) is 11.5 Å². The molecule has 1 atom stereocenters. The molecule has 2 rings (SSSR count). The average Bonchev–Trinajstić information content (AvgIpc) is 2.51. The monoisotopic (exact) mass is 237 g/mol. The molecule has 3 N–H and O–H groups in total. The molecule has 0 saturated heterocycles. The molecule has 1 aromatic carbocycles. The number of benzene rings is 1. The molecule has 5 nitrogen and oxygen atoms in total. The molecule has 0 spiro atoms. The highest BCUT2D eigenvalue weighted by molar-refractivity contribution is 5.76. The van der Waals surface area contributed by atoms with E-state index < -0.39 is 12.0 Å². The van der Waals surface area contributed by atoms with Crippen molar-refractivity contribution in [3.63, 3.8) is 0 Å². The third-order valence-electron chi connectivity index (χ3n) is 2.74. The van der Waals surface area contributed by atoms with Crippen molar-refractivity contribution < 1.29 is 19.4 Å². The van der Waals surface area contributed by atoms with Crippen molar-refractivity contribution in [1.82, 2.24) is 0 Å². The summed E-state index contributed by atoms with van der Waals surface area (Å²) in [6.45, 7) is 2.99. The number of carboxylic acid groups (broad SMARTS) is 1. The number of fused-ring (bicyclic) bond motifs is 1. The molecule has 5 heteroatoms. The molecule has 0 radical (unpaired) electrons. The summed E-state index contributed by atoms with van der Waals surface area (Å²) in [7, 11) is 0. The van der Waals surface area contributed by atoms with Crippen LogP contribution in [0.4, 0.5) is 0 Å². The molecular formula is C12H15NO4. The molecule has 0 bridgehead atoms. The topological polar surface area (TPSA) is 81.8 Å². The van der Waals surface area contributed by atoms with Gasteiger partial charge in [0.2, 0.25) is 0 Å². The standard InChI is InChI=1S/C12H15NO4/c1-7-5-9-10(17-4-2-3-16-9)6-8(7)11(13)12(14)15/h5-6,11H,2-4,13H2,1H3,(H,14,15). The fourth-order valence-corrected chi connectivity index (χ4v) is 1.79. The molecule has 1 aliphatic rings. The second-order valence-electron chi connectivity index (χ2n) is 4.02. The third kappa shape index (κ3) is 2.34. The first kappa shape index (κ1) is 11.7. The Morgan fingerprint density at radius 2 is 1.94 bits per heavy atom. The maximum absolute atomic E-state index is 10.9. The lowest BCUT2D eigenvalue weighted by molar-refractivity contribution is -0.138. The Balaban J connectivity index is 2.42. The summed E-state index contributed by atoms with van der Waals surface area (Å²) in [4.78, 5) is 10.9. The van der Waals surface area contributed by atoms with E-state index in [-0.39, 0.29) is 0 Å². The van der Waals surface area contributed by atoms with Gasteiger partial charge in [-0.15, -0.1) is 0 Å². The minimum absolute atomic E-state index is 0.557. The fraction of sp³-hybridized carbons (Fsp3) is 0.417. The number of rotatable bonds is 2. The van der Waals surface area contributed by atoms with Crippen LogP contribution in [0.2, 0.25) is 0 Å². The van der Waals surface area contributed by atoms with Crippen LogP contribution in [0.5, 0.6) is 11.5 Å². The van der Waals surface area contributed by atoms with Gasteiger partial charge in [0.15, 0.2) is 11.5 Å². The van der Waals surface area contributed by atoms with Crippen molar-refractivity contribution in [2.24, 2.45) is 5.73 Å². The normalized spacial score (nSPS) is 16.1. The van der Waals surface area contributed by atoms with Crippen molar-refractivity contribution in [1.29, 1.82) is 0 Å². The van der Waals surface area contributed by atoms with Gasteiger partial charge in [-0.25, -0.2) is 0 Å². The SMILES string of the molecule is Cc1cc2c(cc1C(N)C(=O)O)OCCCO2. The van der Waals surface area contributed by atoms with E-state index in [2.05, 4.69) is 0 Å². The molecule has 92 valence electrons. The number of aliphatic carboxylic acids is 1. The van der Waals surface area contributed by atoms with Crippen LogP contribution in [0, 0.1) is 6.92 Å². The zero-order valence-electron chi connectivity index (χ0n) is 9.60. The van der Waals surface area contributed by atoms with Gasteiger partial charge in [-0.2, -0.15) is 0 Å². The van der Waals surface area contributed by atoms with Crippen LogP contribution in [0.3, 0.4) is 0 Å². The molecule has 17 heavy (non-hydrogen) atoms. The van der Waals surface area contributed by atoms with Crippen molar-refractivity contribution in [3.05, 3.63) is 23.3 Å². The predicted molar refractivity (Wildman–Crippen MR) is 61.4 cm³/mol. The van der Waals surface area contributed by atoms with E-state index in [1.165, 1.54) is 0 Å². The molecule has 0 aromatic heterocycles. The van der Waals surface area contributed by atoms with E-state index in [1.807, 2.05) is 6.92 Å². The van der Waals surface area contributed by atoms with Gasteiger partial charge < -0.3 is 20.3 Å². The van der Waals surface area contributed by atoms with Gasteiger partial charge in [-0.3, -0.25) is 4.79 Å². The smallest absolute Gasteiger partial charge is 0.325 e. The molecule has 1 aliphatic heterocycles. The third-order valence-corrected chi connectivity index (χ3v) is 2.74. The number of carboxylic acids is 1. The van der Waals surface area contributed by atoms with Crippen LogP contribution in [-0.2, 0) is 4.79 Å². The molecule has 0 fully saturated rings.